The van der Waals surface area contributed by atoms with Crippen molar-refractivity contribution in [1.29, 1.82) is 0 Å². The van der Waals surface area contributed by atoms with Gasteiger partial charge in [0.2, 0.25) is 5.91 Å². The predicted octanol–water partition coefficient (Wildman–Crippen LogP) is 5.59. The molecule has 4 rings (SSSR count). The number of halogens is 2. The van der Waals surface area contributed by atoms with Crippen LogP contribution in [0.5, 0.6) is 5.75 Å². The van der Waals surface area contributed by atoms with Crippen LogP contribution in [0.4, 0.5) is 10.1 Å². The van der Waals surface area contributed by atoms with Crippen LogP contribution in [-0.2, 0) is 4.79 Å². The lowest BCUT2D eigenvalue weighted by atomic mass is 9.80. The fraction of sp³-hybridized carbons (Fsp3) is 0.286. The van der Waals surface area contributed by atoms with Crippen molar-refractivity contribution >= 4 is 34.9 Å². The Morgan fingerprint density at radius 3 is 2.42 bits per heavy atom. The highest BCUT2D eigenvalue weighted by atomic mass is 35.5. The van der Waals surface area contributed by atoms with Gasteiger partial charge in [-0.05, 0) is 55.7 Å². The second-order valence-electron chi connectivity index (χ2n) is 9.26. The molecule has 0 bridgehead atoms. The molecule has 1 aromatic heterocycles. The molecule has 0 aliphatic heterocycles. The number of amides is 1. The maximum Gasteiger partial charge on any atom is 0.335 e. The summed E-state index contributed by atoms with van der Waals surface area (Å²) in [4.78, 5) is 50.1. The van der Waals surface area contributed by atoms with Gasteiger partial charge in [-0.15, -0.1) is 0 Å². The van der Waals surface area contributed by atoms with E-state index in [1.54, 1.807) is 0 Å². The number of carboxylic acids is 1. The van der Waals surface area contributed by atoms with Crippen molar-refractivity contribution in [1.82, 2.24) is 4.57 Å². The van der Waals surface area contributed by atoms with Crippen LogP contribution < -0.4 is 15.6 Å². The van der Waals surface area contributed by atoms with Crippen molar-refractivity contribution in [3.05, 3.63) is 81.0 Å². The SMILES string of the molecule is COc1cn(C(CC2CCC2)C(=O)Nc2ccc(C(=O)O)cc2)c(=O)cc1-c1c(C(C)=O)ccc(Cl)c1F. The van der Waals surface area contributed by atoms with Crippen molar-refractivity contribution in [3.8, 4) is 16.9 Å². The second kappa shape index (κ2) is 11.2. The summed E-state index contributed by atoms with van der Waals surface area (Å²) in [6.07, 6.45) is 4.63. The molecular weight excluding hydrogens is 515 g/mol. The topological polar surface area (TPSA) is 115 Å². The minimum atomic E-state index is -1.09. The molecule has 198 valence electrons. The van der Waals surface area contributed by atoms with Gasteiger partial charge >= 0.3 is 5.97 Å². The molecule has 0 radical (unpaired) electrons. The van der Waals surface area contributed by atoms with Crippen LogP contribution in [0, 0.1) is 11.7 Å². The number of nitrogens with one attached hydrogen (secondary N) is 1. The average molecular weight is 541 g/mol. The van der Waals surface area contributed by atoms with E-state index in [4.69, 9.17) is 21.4 Å². The normalized spacial score (nSPS) is 13.9. The molecule has 1 saturated carbocycles. The minimum Gasteiger partial charge on any atom is -0.495 e. The Balaban J connectivity index is 1.77. The van der Waals surface area contributed by atoms with Crippen LogP contribution in [-0.4, -0.2) is 34.4 Å². The lowest BCUT2D eigenvalue weighted by Gasteiger charge is -2.30. The number of pyridine rings is 1. The van der Waals surface area contributed by atoms with E-state index in [0.717, 1.165) is 25.3 Å². The summed E-state index contributed by atoms with van der Waals surface area (Å²) in [7, 11) is 1.34. The van der Waals surface area contributed by atoms with Gasteiger partial charge in [-0.2, -0.15) is 0 Å². The second-order valence-corrected chi connectivity index (χ2v) is 9.67. The molecule has 1 fully saturated rings. The van der Waals surface area contributed by atoms with Gasteiger partial charge in [0.25, 0.3) is 5.56 Å². The van der Waals surface area contributed by atoms with Gasteiger partial charge in [-0.25, -0.2) is 9.18 Å². The zero-order valence-electron chi connectivity index (χ0n) is 20.8. The number of aromatic nitrogens is 1. The largest absolute Gasteiger partial charge is 0.495 e. The van der Waals surface area contributed by atoms with Gasteiger partial charge in [0.1, 0.15) is 17.6 Å². The molecule has 1 heterocycles. The fourth-order valence-corrected chi connectivity index (χ4v) is 4.71. The van der Waals surface area contributed by atoms with Gasteiger partial charge in [0.05, 0.1) is 23.9 Å². The highest BCUT2D eigenvalue weighted by molar-refractivity contribution is 6.31. The maximum atomic E-state index is 15.1. The molecule has 0 spiro atoms. The number of carboxylic acid groups (broad SMARTS) is 1. The number of hydrogen-bond acceptors (Lipinski definition) is 5. The minimum absolute atomic E-state index is 0.0379. The highest BCUT2D eigenvalue weighted by Crippen LogP contribution is 2.38. The number of nitrogens with zero attached hydrogens (tertiary/aromatic N) is 1. The van der Waals surface area contributed by atoms with Gasteiger partial charge in [-0.3, -0.25) is 19.0 Å². The van der Waals surface area contributed by atoms with E-state index in [1.165, 1.54) is 61.2 Å². The molecule has 1 aliphatic rings. The monoisotopic (exact) mass is 540 g/mol. The van der Waals surface area contributed by atoms with E-state index in [9.17, 15) is 19.2 Å². The molecule has 10 heteroatoms. The molecule has 1 amide bonds. The molecule has 1 aliphatic carbocycles. The third-order valence-corrected chi connectivity index (χ3v) is 7.12. The number of methoxy groups -OCH3 is 1. The van der Waals surface area contributed by atoms with E-state index in [-0.39, 0.29) is 38.9 Å². The molecule has 3 aromatic rings. The number of rotatable bonds is 9. The Bertz CT molecular complexity index is 1460. The van der Waals surface area contributed by atoms with Crippen LogP contribution in [0.2, 0.25) is 5.02 Å². The summed E-state index contributed by atoms with van der Waals surface area (Å²) in [5.41, 5.74) is -0.201. The summed E-state index contributed by atoms with van der Waals surface area (Å²) in [5.74, 6) is -2.50. The van der Waals surface area contributed by atoms with Crippen LogP contribution >= 0.6 is 11.6 Å². The fourth-order valence-electron chi connectivity index (χ4n) is 4.55. The molecular formula is C28H26ClFN2O6. The number of carbonyl (C=O) groups is 3. The van der Waals surface area contributed by atoms with Crippen molar-refractivity contribution in [2.75, 3.05) is 12.4 Å². The molecule has 1 unspecified atom stereocenters. The van der Waals surface area contributed by atoms with E-state index in [1.807, 2.05) is 0 Å². The summed E-state index contributed by atoms with van der Waals surface area (Å²) in [6, 6.07) is 8.57. The van der Waals surface area contributed by atoms with Crippen molar-refractivity contribution in [2.45, 2.75) is 38.6 Å². The summed E-state index contributed by atoms with van der Waals surface area (Å²) < 4.78 is 21.9. The third-order valence-electron chi connectivity index (χ3n) is 6.83. The lowest BCUT2D eigenvalue weighted by molar-refractivity contribution is -0.120. The zero-order chi connectivity index (χ0) is 27.6. The smallest absolute Gasteiger partial charge is 0.335 e. The van der Waals surface area contributed by atoms with Crippen LogP contribution in [0.1, 0.15) is 59.4 Å². The third kappa shape index (κ3) is 5.47. The Kier molecular flexibility index (Phi) is 7.97. The summed E-state index contributed by atoms with van der Waals surface area (Å²) in [5, 5.41) is 11.6. The molecule has 38 heavy (non-hydrogen) atoms. The number of Topliss-reactive ketones (excluding diaryl/α,β-unsaturated/α-hetero) is 1. The quantitative estimate of drug-likeness (QED) is 0.342. The Labute approximate surface area is 223 Å². The molecule has 8 nitrogen and oxygen atoms in total. The first-order chi connectivity index (χ1) is 18.1. The number of benzene rings is 2. The standard InChI is InChI=1S/C28H26ClFN2O6/c1-15(33)19-10-11-21(29)26(30)25(19)20-13-24(34)32(14-23(20)38-2)22(12-16-4-3-5-16)27(35)31-18-8-6-17(7-9-18)28(36)37/h6-11,13-14,16,22H,3-5,12H2,1-2H3,(H,31,35)(H,36,37). The van der Waals surface area contributed by atoms with Gasteiger partial charge in [0.15, 0.2) is 5.78 Å². The Hall–Kier alpha value is -3.98. The first-order valence-corrected chi connectivity index (χ1v) is 12.4. The Morgan fingerprint density at radius 1 is 1.18 bits per heavy atom. The average Bonchev–Trinajstić information content (AvgIpc) is 2.85. The van der Waals surface area contributed by atoms with Gasteiger partial charge < -0.3 is 15.2 Å². The van der Waals surface area contributed by atoms with Crippen molar-refractivity contribution in [3.63, 3.8) is 0 Å². The molecule has 1 atom stereocenters. The Morgan fingerprint density at radius 2 is 1.87 bits per heavy atom. The number of ketones is 1. The highest BCUT2D eigenvalue weighted by Gasteiger charge is 2.30. The van der Waals surface area contributed by atoms with Crippen molar-refractivity contribution < 1.29 is 28.6 Å². The number of ether oxygens (including phenoxy) is 1. The first-order valence-electron chi connectivity index (χ1n) is 12.0. The first kappa shape index (κ1) is 27.1. The molecule has 2 N–H and O–H groups in total. The molecule has 0 saturated heterocycles. The maximum absolute atomic E-state index is 15.1. The lowest BCUT2D eigenvalue weighted by Crippen LogP contribution is -2.35. The summed E-state index contributed by atoms with van der Waals surface area (Å²) >= 11 is 5.99. The van der Waals surface area contributed by atoms with Gasteiger partial charge in [0, 0.05) is 28.4 Å². The zero-order valence-corrected chi connectivity index (χ0v) is 21.5. The van der Waals surface area contributed by atoms with E-state index < -0.39 is 35.1 Å². The summed E-state index contributed by atoms with van der Waals surface area (Å²) in [6.45, 7) is 1.28. The number of carbonyl (C=O) groups excluding carboxylic acids is 2. The number of anilines is 1. The van der Waals surface area contributed by atoms with E-state index >= 15 is 4.39 Å². The van der Waals surface area contributed by atoms with Crippen molar-refractivity contribution in [2.24, 2.45) is 5.92 Å². The molecule has 2 aromatic carbocycles. The van der Waals surface area contributed by atoms with E-state index in [0.29, 0.717) is 12.1 Å². The van der Waals surface area contributed by atoms with E-state index in [2.05, 4.69) is 5.32 Å². The predicted molar refractivity (Wildman–Crippen MR) is 141 cm³/mol. The van der Waals surface area contributed by atoms with Crippen LogP contribution in [0.15, 0.2) is 53.5 Å². The number of aromatic carboxylic acids is 1. The van der Waals surface area contributed by atoms with Crippen LogP contribution in [0.3, 0.4) is 0 Å². The van der Waals surface area contributed by atoms with Gasteiger partial charge in [-0.1, -0.05) is 30.9 Å². The van der Waals surface area contributed by atoms with Crippen LogP contribution in [0.25, 0.3) is 11.1 Å². The number of hydrogen-bond donors (Lipinski definition) is 2.